The molecule has 28 heavy (non-hydrogen) atoms. The minimum atomic E-state index is -1.28. The van der Waals surface area contributed by atoms with Gasteiger partial charge in [0.2, 0.25) is 0 Å². The Morgan fingerprint density at radius 1 is 0.500 bits per heavy atom. The Morgan fingerprint density at radius 2 is 0.857 bits per heavy atom. The van der Waals surface area contributed by atoms with Gasteiger partial charge in [-0.3, -0.25) is 0 Å². The van der Waals surface area contributed by atoms with Crippen molar-refractivity contribution in [2.75, 3.05) is 0 Å². The third kappa shape index (κ3) is 4.26. The van der Waals surface area contributed by atoms with Gasteiger partial charge in [0.1, 0.15) is 0 Å². The quantitative estimate of drug-likeness (QED) is 0.173. The first-order valence-electron chi connectivity index (χ1n) is 9.74. The second-order valence-corrected chi connectivity index (χ2v) is 18.2. The fraction of sp³-hybridized carbons (Fsp3) is 0.0769. The Hall–Kier alpha value is -1.83. The van der Waals surface area contributed by atoms with Gasteiger partial charge in [0.15, 0.2) is 0 Å². The van der Waals surface area contributed by atoms with Crippen molar-refractivity contribution >= 4 is 8.24 Å². The van der Waals surface area contributed by atoms with Crippen molar-refractivity contribution in [3.05, 3.63) is 144 Å². The van der Waals surface area contributed by atoms with Crippen molar-refractivity contribution in [3.63, 3.8) is 0 Å². The summed E-state index contributed by atoms with van der Waals surface area (Å²) >= 11 is -1.28. The predicted octanol–water partition coefficient (Wildman–Crippen LogP) is 6.91. The molecule has 0 aromatic heterocycles. The van der Waals surface area contributed by atoms with Crippen LogP contribution >= 0.6 is 8.24 Å². The normalized spacial score (nSPS) is 11.0. The average Bonchev–Trinajstić information content (AvgIpc) is 2.79. The molecular formula is C26H22HgS. The molecule has 4 rings (SSSR count). The summed E-state index contributed by atoms with van der Waals surface area (Å²) in [5.74, 6) is 0. The van der Waals surface area contributed by atoms with Crippen molar-refractivity contribution in [1.29, 1.82) is 0 Å². The van der Waals surface area contributed by atoms with Crippen molar-refractivity contribution in [2.24, 2.45) is 0 Å². The van der Waals surface area contributed by atoms with Gasteiger partial charge in [0.05, 0.1) is 0 Å². The number of hydrogen-bond donors (Lipinski definition) is 0. The molecule has 0 aliphatic carbocycles. The van der Waals surface area contributed by atoms with Crippen molar-refractivity contribution in [2.45, 2.75) is 8.68 Å². The molecule has 4 aromatic rings. The first-order valence-corrected chi connectivity index (χ1v) is 21.3. The summed E-state index contributed by atoms with van der Waals surface area (Å²) in [4.78, 5) is 0. The number of benzene rings is 4. The molecule has 0 amide bonds. The van der Waals surface area contributed by atoms with E-state index in [4.69, 9.17) is 0 Å². The van der Waals surface area contributed by atoms with Gasteiger partial charge < -0.3 is 0 Å². The molecule has 0 saturated carbocycles. The SMILES string of the molecule is c1ccc([CH2][Hg][S]C(c2ccccc2)(c2ccccc2)c2ccccc2)cc1. The van der Waals surface area contributed by atoms with Crippen LogP contribution in [-0.4, -0.2) is 0 Å². The molecule has 0 aliphatic rings. The zero-order chi connectivity index (χ0) is 19.1. The summed E-state index contributed by atoms with van der Waals surface area (Å²) in [6, 6.07) is 44.1. The fourth-order valence-electron chi connectivity index (χ4n) is 3.74. The summed E-state index contributed by atoms with van der Waals surface area (Å²) in [6.45, 7) is 0. The monoisotopic (exact) mass is 568 g/mol. The van der Waals surface area contributed by atoms with E-state index in [9.17, 15) is 0 Å². The molecular weight excluding hydrogens is 545 g/mol. The first-order chi connectivity index (χ1) is 13.9. The number of rotatable bonds is 7. The van der Waals surface area contributed by atoms with Gasteiger partial charge >= 0.3 is 184 Å². The Morgan fingerprint density at radius 3 is 1.25 bits per heavy atom. The van der Waals surface area contributed by atoms with Crippen LogP contribution in [0.1, 0.15) is 22.3 Å². The van der Waals surface area contributed by atoms with Crippen LogP contribution in [0.3, 0.4) is 0 Å². The average molecular weight is 567 g/mol. The van der Waals surface area contributed by atoms with Crippen molar-refractivity contribution < 1.29 is 23.1 Å². The van der Waals surface area contributed by atoms with Crippen LogP contribution in [0.25, 0.3) is 0 Å². The second-order valence-electron chi connectivity index (χ2n) is 6.86. The number of hydrogen-bond acceptors (Lipinski definition) is 1. The van der Waals surface area contributed by atoms with Gasteiger partial charge in [-0.2, -0.15) is 0 Å². The van der Waals surface area contributed by atoms with Gasteiger partial charge in [-0.25, -0.2) is 0 Å². The van der Waals surface area contributed by atoms with Gasteiger partial charge in [0.25, 0.3) is 0 Å². The van der Waals surface area contributed by atoms with Crippen molar-refractivity contribution in [3.8, 4) is 0 Å². The van der Waals surface area contributed by atoms with Crippen LogP contribution in [0.4, 0.5) is 0 Å². The Bertz CT molecular complexity index is 873. The molecule has 0 saturated heterocycles. The molecule has 0 fully saturated rings. The van der Waals surface area contributed by atoms with Gasteiger partial charge in [-0.15, -0.1) is 0 Å². The summed E-state index contributed by atoms with van der Waals surface area (Å²) in [5.41, 5.74) is 5.63. The zero-order valence-electron chi connectivity index (χ0n) is 15.9. The summed E-state index contributed by atoms with van der Waals surface area (Å²) in [6.07, 6.45) is 0. The molecule has 0 heterocycles. The molecule has 0 atom stereocenters. The summed E-state index contributed by atoms with van der Waals surface area (Å²) in [5, 5.41) is 0. The van der Waals surface area contributed by atoms with E-state index in [0.717, 1.165) is 0 Å². The van der Waals surface area contributed by atoms with E-state index < -0.39 is 23.1 Å². The summed E-state index contributed by atoms with van der Waals surface area (Å²) < 4.78 is 1.15. The predicted molar refractivity (Wildman–Crippen MR) is 117 cm³/mol. The molecule has 4 aromatic carbocycles. The maximum atomic E-state index is 2.29. The Balaban J connectivity index is 1.79. The van der Waals surface area contributed by atoms with Crippen LogP contribution in [0, 0.1) is 0 Å². The summed E-state index contributed by atoms with van der Waals surface area (Å²) in [7, 11) is 2.25. The van der Waals surface area contributed by atoms with E-state index in [2.05, 4.69) is 130 Å². The fourth-order valence-corrected chi connectivity index (χ4v) is 19.9. The van der Waals surface area contributed by atoms with E-state index in [0.29, 0.717) is 0 Å². The van der Waals surface area contributed by atoms with Crippen LogP contribution in [0.2, 0.25) is 0 Å². The Labute approximate surface area is 182 Å². The van der Waals surface area contributed by atoms with Gasteiger partial charge in [0, 0.05) is 0 Å². The van der Waals surface area contributed by atoms with Crippen LogP contribution in [-0.2, 0) is 31.7 Å². The standard InChI is InChI=1S/C19H16S.C7H7.Hg/c20-19(16-10-4-1-5-11-16,17-12-6-2-7-13-17)18-14-8-3-9-15-18;1-7-5-3-2-4-6-7;/h1-15,20H;2-6H,1H2;/q;;+1/p-1. The van der Waals surface area contributed by atoms with E-state index in [1.54, 1.807) is 0 Å². The Kier molecular flexibility index (Phi) is 6.67. The van der Waals surface area contributed by atoms with Gasteiger partial charge in [-0.05, 0) is 0 Å². The molecule has 0 N–H and O–H groups in total. The van der Waals surface area contributed by atoms with Crippen LogP contribution in [0.15, 0.2) is 121 Å². The third-order valence-corrected chi connectivity index (χ3v) is 18.7. The molecule has 2 heteroatoms. The van der Waals surface area contributed by atoms with E-state index in [1.807, 2.05) is 0 Å². The molecule has 0 aliphatic heterocycles. The second kappa shape index (κ2) is 9.58. The molecule has 0 bridgehead atoms. The van der Waals surface area contributed by atoms with E-state index in [1.165, 1.54) is 26.2 Å². The van der Waals surface area contributed by atoms with Gasteiger partial charge in [-0.1, -0.05) is 0 Å². The molecule has 0 nitrogen and oxygen atoms in total. The minimum absolute atomic E-state index is 0.125. The van der Waals surface area contributed by atoms with Crippen LogP contribution < -0.4 is 0 Å². The maximum absolute atomic E-state index is 2.29. The molecule has 0 radical (unpaired) electrons. The molecule has 0 unspecified atom stereocenters. The molecule has 0 spiro atoms. The zero-order valence-corrected chi connectivity index (χ0v) is 22.2. The topological polar surface area (TPSA) is 0 Å². The van der Waals surface area contributed by atoms with Crippen LogP contribution in [0.5, 0.6) is 0 Å². The first kappa shape index (κ1) is 19.5. The van der Waals surface area contributed by atoms with Crippen molar-refractivity contribution in [1.82, 2.24) is 0 Å². The van der Waals surface area contributed by atoms with E-state index in [-0.39, 0.29) is 4.75 Å². The third-order valence-electron chi connectivity index (χ3n) is 5.09. The van der Waals surface area contributed by atoms with E-state index >= 15 is 0 Å². The molecule has 134 valence electrons.